The third-order valence-electron chi connectivity index (χ3n) is 4.09. The zero-order valence-corrected chi connectivity index (χ0v) is 16.2. The van der Waals surface area contributed by atoms with Crippen molar-refractivity contribution < 1.29 is 9.52 Å². The molecule has 1 aliphatic heterocycles. The fourth-order valence-electron chi connectivity index (χ4n) is 2.83. The van der Waals surface area contributed by atoms with Crippen LogP contribution in [0.1, 0.15) is 23.1 Å². The minimum Gasteiger partial charge on any atom is -0.463 e. The molecule has 7 heteroatoms. The number of likely N-dealkylation sites (N-methyl/N-ethyl adjacent to an activating group) is 1. The lowest BCUT2D eigenvalue weighted by Crippen LogP contribution is -2.36. The van der Waals surface area contributed by atoms with E-state index >= 15 is 0 Å². The summed E-state index contributed by atoms with van der Waals surface area (Å²) in [5.74, 6) is 6.40. The second-order valence-electron chi connectivity index (χ2n) is 6.16. The predicted molar refractivity (Wildman–Crippen MR) is 108 cm³/mol. The van der Waals surface area contributed by atoms with Crippen LogP contribution < -0.4 is 16.0 Å². The average molecular weight is 390 g/mol. The van der Waals surface area contributed by atoms with Gasteiger partial charge in [0.2, 0.25) is 0 Å². The Hall–Kier alpha value is -3.05. The molecule has 3 aromatic rings. The van der Waals surface area contributed by atoms with Crippen molar-refractivity contribution in [2.75, 3.05) is 7.05 Å². The van der Waals surface area contributed by atoms with E-state index in [0.29, 0.717) is 16.9 Å². The standard InChI is InChI=1S/C21H18N4O2S/c1-13(26)7-8-14-11-17(28-12-14)19-21(22-2)25-20-15(5-3-9-23-20)18(24-19)16-6-4-10-27-16/h3-6,9-13,21-22,26H,1-2H3. The zero-order valence-electron chi connectivity index (χ0n) is 15.4. The van der Waals surface area contributed by atoms with E-state index in [1.807, 2.05) is 42.8 Å². The van der Waals surface area contributed by atoms with E-state index in [0.717, 1.165) is 21.4 Å². The number of hydrogen-bond acceptors (Lipinski definition) is 7. The molecular formula is C21H18N4O2S. The van der Waals surface area contributed by atoms with Gasteiger partial charge in [-0.25, -0.2) is 15.0 Å². The van der Waals surface area contributed by atoms with Gasteiger partial charge in [-0.1, -0.05) is 11.8 Å². The number of nitrogens with one attached hydrogen (secondary N) is 1. The molecule has 0 aliphatic carbocycles. The van der Waals surface area contributed by atoms with Gasteiger partial charge in [-0.15, -0.1) is 11.3 Å². The number of aliphatic hydroxyl groups excluding tert-OH is 1. The Kier molecular flexibility index (Phi) is 5.17. The summed E-state index contributed by atoms with van der Waals surface area (Å²) in [7, 11) is 1.84. The lowest BCUT2D eigenvalue weighted by Gasteiger charge is -2.12. The van der Waals surface area contributed by atoms with Crippen molar-refractivity contribution in [3.63, 3.8) is 0 Å². The van der Waals surface area contributed by atoms with Gasteiger partial charge in [0, 0.05) is 22.4 Å². The zero-order chi connectivity index (χ0) is 19.5. The second kappa shape index (κ2) is 7.90. The highest BCUT2D eigenvalue weighted by molar-refractivity contribution is 7.12. The smallest absolute Gasteiger partial charge is 0.158 e. The molecule has 0 bridgehead atoms. The number of pyridine rings is 1. The Labute approximate surface area is 166 Å². The lowest BCUT2D eigenvalue weighted by atomic mass is 10.2. The van der Waals surface area contributed by atoms with Crippen LogP contribution in [0, 0.1) is 11.8 Å². The fraction of sp³-hybridized carbons (Fsp3) is 0.190. The number of fused-ring (bicyclic) bond motifs is 1. The van der Waals surface area contributed by atoms with E-state index < -0.39 is 6.10 Å². The molecule has 28 heavy (non-hydrogen) atoms. The van der Waals surface area contributed by atoms with Crippen molar-refractivity contribution in [2.24, 2.45) is 9.98 Å². The molecule has 0 saturated heterocycles. The van der Waals surface area contributed by atoms with Crippen LogP contribution in [-0.2, 0) is 0 Å². The van der Waals surface area contributed by atoms with E-state index in [2.05, 4.69) is 22.1 Å². The van der Waals surface area contributed by atoms with Crippen LogP contribution in [-0.4, -0.2) is 35.1 Å². The van der Waals surface area contributed by atoms with Crippen molar-refractivity contribution in [3.05, 3.63) is 75.1 Å². The van der Waals surface area contributed by atoms with E-state index in [-0.39, 0.29) is 6.17 Å². The highest BCUT2D eigenvalue weighted by atomic mass is 32.1. The van der Waals surface area contributed by atoms with Crippen LogP contribution in [0.2, 0.25) is 0 Å². The molecule has 3 aromatic heterocycles. The van der Waals surface area contributed by atoms with Crippen molar-refractivity contribution in [3.8, 4) is 11.8 Å². The Morgan fingerprint density at radius 1 is 1.32 bits per heavy atom. The van der Waals surface area contributed by atoms with Gasteiger partial charge >= 0.3 is 0 Å². The molecule has 0 radical (unpaired) electrons. The number of nitrogens with zero attached hydrogens (tertiary/aromatic N) is 3. The van der Waals surface area contributed by atoms with Crippen molar-refractivity contribution >= 4 is 22.7 Å². The summed E-state index contributed by atoms with van der Waals surface area (Å²) in [6, 6.07) is 9.47. The number of hydrogen-bond donors (Lipinski definition) is 2. The molecule has 140 valence electrons. The van der Waals surface area contributed by atoms with Crippen LogP contribution in [0.25, 0.3) is 5.70 Å². The minimum atomic E-state index is -0.668. The molecule has 2 N–H and O–H groups in total. The van der Waals surface area contributed by atoms with Gasteiger partial charge in [0.05, 0.1) is 16.9 Å². The number of aliphatic hydroxyl groups is 1. The Morgan fingerprint density at radius 3 is 2.96 bits per heavy atom. The van der Waals surface area contributed by atoms with Crippen LogP contribution in [0.3, 0.4) is 0 Å². The first kappa shape index (κ1) is 18.3. The molecule has 2 atom stereocenters. The van der Waals surface area contributed by atoms with Crippen LogP contribution >= 0.6 is 11.3 Å². The van der Waals surface area contributed by atoms with Gasteiger partial charge in [0.1, 0.15) is 18.0 Å². The Morgan fingerprint density at radius 2 is 2.21 bits per heavy atom. The van der Waals surface area contributed by atoms with Gasteiger partial charge in [-0.2, -0.15) is 0 Å². The fourth-order valence-corrected chi connectivity index (χ4v) is 3.68. The summed E-state index contributed by atoms with van der Waals surface area (Å²) in [4.78, 5) is 15.1. The summed E-state index contributed by atoms with van der Waals surface area (Å²) < 4.78 is 5.63. The number of aromatic nitrogens is 1. The predicted octanol–water partition coefficient (Wildman–Crippen LogP) is 1.29. The van der Waals surface area contributed by atoms with E-state index in [4.69, 9.17) is 14.4 Å². The molecule has 0 fully saturated rings. The first-order valence-electron chi connectivity index (χ1n) is 8.77. The molecule has 0 aromatic carbocycles. The number of rotatable bonds is 3. The van der Waals surface area contributed by atoms with Crippen LogP contribution in [0.5, 0.6) is 0 Å². The lowest BCUT2D eigenvalue weighted by molar-refractivity contribution is 0.253. The summed E-state index contributed by atoms with van der Waals surface area (Å²) in [6.07, 6.45) is 2.31. The van der Waals surface area contributed by atoms with Crippen molar-refractivity contribution in [1.82, 2.24) is 10.3 Å². The third kappa shape index (κ3) is 3.66. The maximum atomic E-state index is 9.39. The highest BCUT2D eigenvalue weighted by Crippen LogP contribution is 2.22. The van der Waals surface area contributed by atoms with Crippen molar-refractivity contribution in [2.45, 2.75) is 19.2 Å². The average Bonchev–Trinajstić information content (AvgIpc) is 3.36. The molecule has 4 heterocycles. The maximum absolute atomic E-state index is 9.39. The summed E-state index contributed by atoms with van der Waals surface area (Å²) in [5, 5.41) is 15.4. The molecule has 1 aliphatic rings. The molecular weight excluding hydrogens is 372 g/mol. The Balaban J connectivity index is 1.90. The normalized spacial score (nSPS) is 16.9. The van der Waals surface area contributed by atoms with E-state index in [1.165, 1.54) is 11.3 Å². The molecule has 2 unspecified atom stereocenters. The van der Waals surface area contributed by atoms with E-state index in [9.17, 15) is 5.11 Å². The largest absolute Gasteiger partial charge is 0.463 e. The topological polar surface area (TPSA) is 83.0 Å². The molecule has 0 spiro atoms. The molecule has 4 rings (SSSR count). The first-order chi connectivity index (χ1) is 13.7. The summed E-state index contributed by atoms with van der Waals surface area (Å²) >= 11 is 1.53. The van der Waals surface area contributed by atoms with Crippen LogP contribution in [0.4, 0.5) is 0 Å². The van der Waals surface area contributed by atoms with Gasteiger partial charge in [0.15, 0.2) is 11.2 Å². The van der Waals surface area contributed by atoms with Gasteiger partial charge < -0.3 is 9.52 Å². The molecule has 6 nitrogen and oxygen atoms in total. The first-order valence-corrected chi connectivity index (χ1v) is 9.65. The van der Waals surface area contributed by atoms with Crippen molar-refractivity contribution in [1.29, 1.82) is 0 Å². The van der Waals surface area contributed by atoms with Gasteiger partial charge in [0.25, 0.3) is 0 Å². The quantitative estimate of drug-likeness (QED) is 0.661. The van der Waals surface area contributed by atoms with E-state index in [1.54, 1.807) is 19.4 Å². The number of thiophene rings is 1. The second-order valence-corrected chi connectivity index (χ2v) is 7.07. The molecule has 0 saturated carbocycles. The number of aliphatic imine (C=N–C) groups is 1. The highest BCUT2D eigenvalue weighted by Gasteiger charge is 2.22. The Bertz CT molecular complexity index is 1200. The molecule has 0 amide bonds. The van der Waals surface area contributed by atoms with Gasteiger partial charge in [-0.3, -0.25) is 5.32 Å². The minimum absolute atomic E-state index is 0.364. The third-order valence-corrected chi connectivity index (χ3v) is 5.04. The number of furan rings is 1. The SMILES string of the molecule is CNC1N=c2ncccc2=C(c2ccco2)N=C1c1cc(C#CC(C)O)cs1. The monoisotopic (exact) mass is 390 g/mol. The summed E-state index contributed by atoms with van der Waals surface area (Å²) in [6.45, 7) is 1.64. The van der Waals surface area contributed by atoms with Crippen LogP contribution in [0.15, 0.2) is 62.6 Å². The summed E-state index contributed by atoms with van der Waals surface area (Å²) in [5.41, 5.74) is 2.90. The van der Waals surface area contributed by atoms with Gasteiger partial charge in [-0.05, 0) is 44.3 Å². The maximum Gasteiger partial charge on any atom is 0.158 e.